The zero-order chi connectivity index (χ0) is 12.4. The molecule has 1 heterocycles. The topological polar surface area (TPSA) is 99.0 Å². The van der Waals surface area contributed by atoms with E-state index in [0.717, 1.165) is 0 Å². The van der Waals surface area contributed by atoms with Gasteiger partial charge in [-0.1, -0.05) is 11.6 Å². The van der Waals surface area contributed by atoms with E-state index >= 15 is 0 Å². The molecule has 1 aromatic carbocycles. The smallest absolute Gasteiger partial charge is 0.461 e. The standard InChI is InChI=1S/C9H9ClN4O3/c10-6-1-2-7-8(5-6)14(17)12-9(13(7)16)11-3-4-15/h1-2,5,15H,3-4H2,(H,11,12). The third-order valence-corrected chi connectivity index (χ3v) is 2.37. The molecule has 8 heteroatoms. The van der Waals surface area contributed by atoms with E-state index in [1.165, 1.54) is 18.2 Å². The van der Waals surface area contributed by atoms with Gasteiger partial charge in [0.1, 0.15) is 0 Å². The number of aliphatic hydroxyl groups excluding tert-OH is 1. The maximum atomic E-state index is 11.8. The van der Waals surface area contributed by atoms with Gasteiger partial charge in [0.2, 0.25) is 5.10 Å². The second kappa shape index (κ2) is 4.56. The molecule has 0 amide bonds. The van der Waals surface area contributed by atoms with Crippen molar-refractivity contribution in [2.75, 3.05) is 18.5 Å². The number of hydrogen-bond acceptors (Lipinski definition) is 5. The highest BCUT2D eigenvalue weighted by atomic mass is 35.5. The fourth-order valence-corrected chi connectivity index (χ4v) is 1.56. The summed E-state index contributed by atoms with van der Waals surface area (Å²) in [4.78, 5) is 0.315. The van der Waals surface area contributed by atoms with Crippen molar-refractivity contribution < 1.29 is 14.7 Å². The molecule has 0 radical (unpaired) electrons. The lowest BCUT2D eigenvalue weighted by Gasteiger charge is -2.09. The summed E-state index contributed by atoms with van der Waals surface area (Å²) in [7, 11) is 0. The average molecular weight is 257 g/mol. The van der Waals surface area contributed by atoms with E-state index in [4.69, 9.17) is 16.7 Å². The Labute approximate surface area is 101 Å². The second-order valence-electron chi connectivity index (χ2n) is 3.27. The van der Waals surface area contributed by atoms with Crippen LogP contribution in [-0.2, 0) is 0 Å². The van der Waals surface area contributed by atoms with E-state index in [1.54, 1.807) is 0 Å². The first-order valence-corrected chi connectivity index (χ1v) is 5.18. The molecular formula is C9H9ClN4O3. The molecule has 90 valence electrons. The van der Waals surface area contributed by atoms with Crippen LogP contribution in [0, 0.1) is 10.4 Å². The van der Waals surface area contributed by atoms with Crippen molar-refractivity contribution in [1.29, 1.82) is 0 Å². The van der Waals surface area contributed by atoms with Gasteiger partial charge in [-0.3, -0.25) is 5.32 Å². The molecule has 0 aliphatic heterocycles. The number of aliphatic hydroxyl groups is 1. The number of halogens is 1. The largest absolute Gasteiger partial charge is 0.739 e. The lowest BCUT2D eigenvalue weighted by atomic mass is 10.3. The maximum Gasteiger partial charge on any atom is 0.461 e. The van der Waals surface area contributed by atoms with Crippen LogP contribution in [0.3, 0.4) is 0 Å². The second-order valence-corrected chi connectivity index (χ2v) is 3.71. The van der Waals surface area contributed by atoms with E-state index < -0.39 is 0 Å². The van der Waals surface area contributed by atoms with Gasteiger partial charge in [0.15, 0.2) is 5.52 Å². The average Bonchev–Trinajstić information content (AvgIpc) is 2.32. The molecule has 0 atom stereocenters. The van der Waals surface area contributed by atoms with Crippen LogP contribution in [0.25, 0.3) is 11.0 Å². The van der Waals surface area contributed by atoms with Crippen molar-refractivity contribution in [3.05, 3.63) is 33.6 Å². The van der Waals surface area contributed by atoms with Crippen LogP contribution >= 0.6 is 11.6 Å². The SMILES string of the molecule is [O-][n+]1nc(NCCO)[n+]([O-])c2ccc(Cl)cc21. The van der Waals surface area contributed by atoms with E-state index in [2.05, 4.69) is 10.4 Å². The van der Waals surface area contributed by atoms with Gasteiger partial charge < -0.3 is 15.5 Å². The molecule has 0 bridgehead atoms. The third-order valence-electron chi connectivity index (χ3n) is 2.14. The molecular weight excluding hydrogens is 248 g/mol. The zero-order valence-electron chi connectivity index (χ0n) is 8.63. The van der Waals surface area contributed by atoms with Crippen LogP contribution in [-0.4, -0.2) is 23.4 Å². The van der Waals surface area contributed by atoms with Crippen molar-refractivity contribution in [2.45, 2.75) is 0 Å². The Kier molecular flexibility index (Phi) is 3.12. The molecule has 0 saturated heterocycles. The Morgan fingerprint density at radius 3 is 2.82 bits per heavy atom. The van der Waals surface area contributed by atoms with E-state index in [9.17, 15) is 10.4 Å². The molecule has 2 rings (SSSR count). The fraction of sp³-hybridized carbons (Fsp3) is 0.222. The summed E-state index contributed by atoms with van der Waals surface area (Å²) >= 11 is 5.73. The Morgan fingerprint density at radius 2 is 2.12 bits per heavy atom. The quantitative estimate of drug-likeness (QED) is 0.573. The van der Waals surface area contributed by atoms with Gasteiger partial charge in [0.05, 0.1) is 13.2 Å². The summed E-state index contributed by atoms with van der Waals surface area (Å²) in [6, 6.07) is 4.31. The number of aromatic nitrogens is 3. The number of nitrogens with zero attached hydrogens (tertiary/aromatic N) is 3. The molecule has 7 nitrogen and oxygen atoms in total. The summed E-state index contributed by atoms with van der Waals surface area (Å²) < 4.78 is 0.482. The molecule has 0 aliphatic rings. The normalized spacial score (nSPS) is 10.7. The van der Waals surface area contributed by atoms with Gasteiger partial charge in [-0.05, 0) is 12.1 Å². The Balaban J connectivity index is 2.59. The first-order valence-electron chi connectivity index (χ1n) is 4.81. The van der Waals surface area contributed by atoms with Gasteiger partial charge in [0.25, 0.3) is 0 Å². The molecule has 17 heavy (non-hydrogen) atoms. The van der Waals surface area contributed by atoms with E-state index in [-0.39, 0.29) is 30.1 Å². The molecule has 0 saturated carbocycles. The number of anilines is 1. The minimum atomic E-state index is -0.167. The molecule has 1 aromatic heterocycles. The van der Waals surface area contributed by atoms with Gasteiger partial charge >= 0.3 is 11.5 Å². The van der Waals surface area contributed by atoms with Crippen molar-refractivity contribution in [2.24, 2.45) is 0 Å². The number of rotatable bonds is 3. The van der Waals surface area contributed by atoms with Crippen molar-refractivity contribution >= 4 is 28.6 Å². The zero-order valence-corrected chi connectivity index (χ0v) is 9.39. The maximum absolute atomic E-state index is 11.8. The number of hydrogen-bond donors (Lipinski definition) is 2. The summed E-state index contributed by atoms with van der Waals surface area (Å²) in [5.74, 6) is -0.163. The van der Waals surface area contributed by atoms with Gasteiger partial charge in [-0.25, -0.2) is 4.73 Å². The summed E-state index contributed by atoms with van der Waals surface area (Å²) in [6.07, 6.45) is 0. The molecule has 0 fully saturated rings. The lowest BCUT2D eigenvalue weighted by molar-refractivity contribution is -0.672. The number of nitrogens with one attached hydrogen (secondary N) is 1. The number of fused-ring (bicyclic) bond motifs is 1. The Hall–Kier alpha value is -1.86. The van der Waals surface area contributed by atoms with Gasteiger partial charge in [0, 0.05) is 15.9 Å². The predicted octanol–water partition coefficient (Wildman–Crippen LogP) is -0.441. The third kappa shape index (κ3) is 2.15. The van der Waals surface area contributed by atoms with Gasteiger partial charge in [-0.2, -0.15) is 0 Å². The predicted molar refractivity (Wildman–Crippen MR) is 60.2 cm³/mol. The highest BCUT2D eigenvalue weighted by Crippen LogP contribution is 2.13. The first-order chi connectivity index (χ1) is 8.13. The lowest BCUT2D eigenvalue weighted by Crippen LogP contribution is -2.44. The Morgan fingerprint density at radius 1 is 1.35 bits per heavy atom. The fourth-order valence-electron chi connectivity index (χ4n) is 1.39. The first kappa shape index (κ1) is 11.6. The summed E-state index contributed by atoms with van der Waals surface area (Å²) in [6.45, 7) is -0.0342. The summed E-state index contributed by atoms with van der Waals surface area (Å²) in [5.41, 5.74) is 0.238. The molecule has 0 spiro atoms. The van der Waals surface area contributed by atoms with Crippen LogP contribution in [0.4, 0.5) is 5.95 Å². The minimum Gasteiger partial charge on any atom is -0.739 e. The molecule has 0 unspecified atom stereocenters. The minimum absolute atomic E-state index is 0.0852. The van der Waals surface area contributed by atoms with Crippen LogP contribution < -0.4 is 14.9 Å². The molecule has 0 aliphatic carbocycles. The number of benzene rings is 1. The van der Waals surface area contributed by atoms with Crippen molar-refractivity contribution in [1.82, 2.24) is 5.10 Å². The van der Waals surface area contributed by atoms with Crippen LogP contribution in [0.2, 0.25) is 5.02 Å². The van der Waals surface area contributed by atoms with Crippen molar-refractivity contribution in [3.8, 4) is 0 Å². The summed E-state index contributed by atoms with van der Waals surface area (Å²) in [5, 5.41) is 38.4. The van der Waals surface area contributed by atoms with Gasteiger partial charge in [-0.15, -0.1) is 0 Å². The highest BCUT2D eigenvalue weighted by molar-refractivity contribution is 6.31. The molecule has 2 aromatic rings. The molecule has 2 N–H and O–H groups in total. The Bertz CT molecular complexity index is 563. The highest BCUT2D eigenvalue weighted by Gasteiger charge is 2.19. The monoisotopic (exact) mass is 256 g/mol. The van der Waals surface area contributed by atoms with E-state index in [1.807, 2.05) is 0 Å². The van der Waals surface area contributed by atoms with Crippen LogP contribution in [0.15, 0.2) is 18.2 Å². The van der Waals surface area contributed by atoms with Crippen LogP contribution in [0.1, 0.15) is 0 Å². The van der Waals surface area contributed by atoms with E-state index in [0.29, 0.717) is 14.6 Å². The van der Waals surface area contributed by atoms with Crippen LogP contribution in [0.5, 0.6) is 0 Å². The van der Waals surface area contributed by atoms with Crippen molar-refractivity contribution in [3.63, 3.8) is 0 Å².